The minimum absolute atomic E-state index is 0.362. The molecule has 3 nitrogen and oxygen atoms in total. The summed E-state index contributed by atoms with van der Waals surface area (Å²) in [6.45, 7) is 2.11. The maximum absolute atomic E-state index is 10.9. The van der Waals surface area contributed by atoms with E-state index in [0.717, 1.165) is 0 Å². The summed E-state index contributed by atoms with van der Waals surface area (Å²) >= 11 is 0. The van der Waals surface area contributed by atoms with Crippen LogP contribution in [0.3, 0.4) is 0 Å². The smallest absolute Gasteiger partial charge is 0.411 e. The third-order valence-electron chi connectivity index (χ3n) is 1.43. The number of hydrogen-bond donors (Lipinski definition) is 1. The minimum atomic E-state index is -0.452. The molecule has 0 saturated carbocycles. The van der Waals surface area contributed by atoms with Gasteiger partial charge in [0, 0.05) is 5.69 Å². The highest BCUT2D eigenvalue weighted by Gasteiger charge is 1.99. The van der Waals surface area contributed by atoms with Crippen molar-refractivity contribution in [2.75, 3.05) is 11.9 Å². The molecule has 0 spiro atoms. The summed E-state index contributed by atoms with van der Waals surface area (Å²) in [5, 5.41) is 2.55. The molecule has 0 aromatic heterocycles. The standard InChI is InChI=1S/C9H10BNO2/c1-2-13-9(12)11-8-5-3-7(10)4-6-8/h3-6H,2H2,1H3,(H,11,12). The Labute approximate surface area is 78.5 Å². The molecule has 0 saturated heterocycles. The van der Waals surface area contributed by atoms with E-state index in [-0.39, 0.29) is 0 Å². The SMILES string of the molecule is [B]c1ccc(NC(=O)OCC)cc1. The zero-order chi connectivity index (χ0) is 9.68. The number of hydrogen-bond acceptors (Lipinski definition) is 2. The third-order valence-corrected chi connectivity index (χ3v) is 1.43. The second kappa shape index (κ2) is 4.55. The minimum Gasteiger partial charge on any atom is -0.450 e. The van der Waals surface area contributed by atoms with Gasteiger partial charge in [0.15, 0.2) is 0 Å². The number of carbonyl (C=O) groups is 1. The van der Waals surface area contributed by atoms with Gasteiger partial charge < -0.3 is 4.74 Å². The molecular weight excluding hydrogens is 165 g/mol. The number of benzene rings is 1. The molecule has 0 bridgehead atoms. The topological polar surface area (TPSA) is 38.3 Å². The number of ether oxygens (including phenoxy) is 1. The largest absolute Gasteiger partial charge is 0.450 e. The van der Waals surface area contributed by atoms with Crippen LogP contribution in [0, 0.1) is 0 Å². The average molecular weight is 175 g/mol. The van der Waals surface area contributed by atoms with E-state index in [2.05, 4.69) is 5.32 Å². The van der Waals surface area contributed by atoms with Gasteiger partial charge in [-0.2, -0.15) is 0 Å². The molecule has 0 atom stereocenters. The summed E-state index contributed by atoms with van der Waals surface area (Å²) in [4.78, 5) is 10.9. The predicted octanol–water partition coefficient (Wildman–Crippen LogP) is 1.05. The van der Waals surface area contributed by atoms with Crippen LogP contribution in [0.25, 0.3) is 0 Å². The van der Waals surface area contributed by atoms with Crippen LogP contribution < -0.4 is 10.8 Å². The molecule has 0 unspecified atom stereocenters. The molecular formula is C9H10BNO2. The van der Waals surface area contributed by atoms with Gasteiger partial charge in [-0.25, -0.2) is 4.79 Å². The van der Waals surface area contributed by atoms with E-state index in [1.54, 1.807) is 31.2 Å². The van der Waals surface area contributed by atoms with E-state index in [1.807, 2.05) is 0 Å². The highest BCUT2D eigenvalue weighted by Crippen LogP contribution is 2.03. The van der Waals surface area contributed by atoms with Crippen molar-refractivity contribution in [3.8, 4) is 0 Å². The molecule has 1 N–H and O–H groups in total. The Balaban J connectivity index is 2.54. The lowest BCUT2D eigenvalue weighted by molar-refractivity contribution is 0.168. The Morgan fingerprint density at radius 3 is 2.62 bits per heavy atom. The lowest BCUT2D eigenvalue weighted by Gasteiger charge is -2.04. The summed E-state index contributed by atoms with van der Waals surface area (Å²) in [5.41, 5.74) is 1.34. The molecule has 2 radical (unpaired) electrons. The molecule has 4 heteroatoms. The van der Waals surface area contributed by atoms with Crippen LogP contribution in [-0.2, 0) is 4.74 Å². The van der Waals surface area contributed by atoms with Gasteiger partial charge in [0.25, 0.3) is 0 Å². The fourth-order valence-corrected chi connectivity index (χ4v) is 0.851. The zero-order valence-corrected chi connectivity index (χ0v) is 7.41. The van der Waals surface area contributed by atoms with E-state index in [1.165, 1.54) is 0 Å². The Hall–Kier alpha value is -1.45. The van der Waals surface area contributed by atoms with Crippen molar-refractivity contribution in [2.24, 2.45) is 0 Å². The van der Waals surface area contributed by atoms with Gasteiger partial charge in [-0.15, -0.1) is 0 Å². The average Bonchev–Trinajstić information content (AvgIpc) is 2.09. The number of nitrogens with one attached hydrogen (secondary N) is 1. The Bertz CT molecular complexity index is 284. The maximum Gasteiger partial charge on any atom is 0.411 e. The molecule has 1 amide bonds. The van der Waals surface area contributed by atoms with Crippen LogP contribution in [0.4, 0.5) is 10.5 Å². The highest BCUT2D eigenvalue weighted by molar-refractivity contribution is 6.32. The van der Waals surface area contributed by atoms with Crippen LogP contribution in [0.2, 0.25) is 0 Å². The highest BCUT2D eigenvalue weighted by atomic mass is 16.5. The van der Waals surface area contributed by atoms with Crippen molar-refractivity contribution < 1.29 is 9.53 Å². The van der Waals surface area contributed by atoms with Crippen LogP contribution in [0.15, 0.2) is 24.3 Å². The van der Waals surface area contributed by atoms with Crippen molar-refractivity contribution in [1.82, 2.24) is 0 Å². The summed E-state index contributed by atoms with van der Waals surface area (Å²) in [6.07, 6.45) is -0.452. The monoisotopic (exact) mass is 175 g/mol. The summed E-state index contributed by atoms with van der Waals surface area (Å²) in [6, 6.07) is 6.85. The van der Waals surface area contributed by atoms with Gasteiger partial charge in [0.2, 0.25) is 0 Å². The molecule has 1 aromatic carbocycles. The van der Waals surface area contributed by atoms with Gasteiger partial charge in [-0.1, -0.05) is 17.6 Å². The second-order valence-corrected chi connectivity index (χ2v) is 2.47. The van der Waals surface area contributed by atoms with E-state index in [0.29, 0.717) is 17.8 Å². The molecule has 0 aliphatic carbocycles. The van der Waals surface area contributed by atoms with E-state index >= 15 is 0 Å². The van der Waals surface area contributed by atoms with E-state index in [4.69, 9.17) is 12.6 Å². The lowest BCUT2D eigenvalue weighted by atomic mass is 9.96. The number of anilines is 1. The van der Waals surface area contributed by atoms with Crippen LogP contribution in [0.1, 0.15) is 6.92 Å². The van der Waals surface area contributed by atoms with Crippen molar-refractivity contribution >= 4 is 25.1 Å². The first-order valence-corrected chi connectivity index (χ1v) is 4.01. The quantitative estimate of drug-likeness (QED) is 0.682. The first-order valence-electron chi connectivity index (χ1n) is 4.01. The lowest BCUT2D eigenvalue weighted by Crippen LogP contribution is -2.13. The Morgan fingerprint density at radius 2 is 2.08 bits per heavy atom. The van der Waals surface area contributed by atoms with Crippen molar-refractivity contribution in [3.63, 3.8) is 0 Å². The fraction of sp³-hybridized carbons (Fsp3) is 0.222. The fourth-order valence-electron chi connectivity index (χ4n) is 0.851. The van der Waals surface area contributed by atoms with Gasteiger partial charge in [0.1, 0.15) is 7.85 Å². The molecule has 0 heterocycles. The third kappa shape index (κ3) is 3.19. The van der Waals surface area contributed by atoms with Crippen LogP contribution in [-0.4, -0.2) is 20.5 Å². The molecule has 0 fully saturated rings. The predicted molar refractivity (Wildman–Crippen MR) is 52.5 cm³/mol. The molecule has 66 valence electrons. The maximum atomic E-state index is 10.9. The summed E-state index contributed by atoms with van der Waals surface area (Å²) < 4.78 is 4.69. The normalized spacial score (nSPS) is 9.31. The van der Waals surface area contributed by atoms with Crippen molar-refractivity contribution in [3.05, 3.63) is 24.3 Å². The van der Waals surface area contributed by atoms with Crippen molar-refractivity contribution in [1.29, 1.82) is 0 Å². The van der Waals surface area contributed by atoms with E-state index in [9.17, 15) is 4.79 Å². The van der Waals surface area contributed by atoms with E-state index < -0.39 is 6.09 Å². The molecule has 0 aliphatic heterocycles. The number of amides is 1. The van der Waals surface area contributed by atoms with Crippen molar-refractivity contribution in [2.45, 2.75) is 6.92 Å². The number of carbonyl (C=O) groups excluding carboxylic acids is 1. The van der Waals surface area contributed by atoms with Gasteiger partial charge >= 0.3 is 6.09 Å². The van der Waals surface area contributed by atoms with Gasteiger partial charge in [-0.05, 0) is 19.1 Å². The summed E-state index contributed by atoms with van der Waals surface area (Å²) in [7, 11) is 5.47. The van der Waals surface area contributed by atoms with Gasteiger partial charge in [0.05, 0.1) is 6.61 Å². The molecule has 13 heavy (non-hydrogen) atoms. The Kier molecular flexibility index (Phi) is 3.37. The first-order chi connectivity index (χ1) is 6.22. The van der Waals surface area contributed by atoms with Crippen LogP contribution >= 0.6 is 0 Å². The van der Waals surface area contributed by atoms with Crippen LogP contribution in [0.5, 0.6) is 0 Å². The summed E-state index contributed by atoms with van der Waals surface area (Å²) in [5.74, 6) is 0. The first kappa shape index (κ1) is 9.64. The zero-order valence-electron chi connectivity index (χ0n) is 7.41. The number of rotatable bonds is 2. The van der Waals surface area contributed by atoms with Gasteiger partial charge in [-0.3, -0.25) is 5.32 Å². The molecule has 0 aliphatic rings. The molecule has 1 aromatic rings. The Morgan fingerprint density at radius 1 is 1.46 bits per heavy atom. The molecule has 1 rings (SSSR count). The second-order valence-electron chi connectivity index (χ2n) is 2.47.